The van der Waals surface area contributed by atoms with Gasteiger partial charge in [0.25, 0.3) is 0 Å². The molecular weight excluding hydrogens is 568 g/mol. The second-order valence-electron chi connectivity index (χ2n) is 12.3. The Morgan fingerprint density at radius 3 is 2.36 bits per heavy atom. The Labute approximate surface area is 268 Å². The molecular formula is C37H50N2O6. The zero-order valence-electron chi connectivity index (χ0n) is 26.9. The zero-order valence-corrected chi connectivity index (χ0v) is 26.9. The van der Waals surface area contributed by atoms with Crippen molar-refractivity contribution in [1.29, 1.82) is 0 Å². The molecule has 1 heterocycles. The maximum Gasteiger partial charge on any atom is 0.407 e. The van der Waals surface area contributed by atoms with E-state index in [4.69, 9.17) is 9.47 Å². The third kappa shape index (κ3) is 14.6. The van der Waals surface area contributed by atoms with Crippen LogP contribution in [-0.4, -0.2) is 42.9 Å². The van der Waals surface area contributed by atoms with Gasteiger partial charge in [-0.2, -0.15) is 0 Å². The van der Waals surface area contributed by atoms with E-state index in [1.165, 1.54) is 0 Å². The van der Waals surface area contributed by atoms with Gasteiger partial charge in [-0.05, 0) is 75.8 Å². The van der Waals surface area contributed by atoms with Gasteiger partial charge in [-0.25, -0.2) is 4.79 Å². The molecule has 3 atom stereocenters. The summed E-state index contributed by atoms with van der Waals surface area (Å²) in [6.07, 6.45) is 9.54. The maximum atomic E-state index is 13.5. The van der Waals surface area contributed by atoms with Crippen LogP contribution in [0.4, 0.5) is 4.79 Å². The highest BCUT2D eigenvalue weighted by Gasteiger charge is 2.27. The van der Waals surface area contributed by atoms with Crippen LogP contribution in [0.2, 0.25) is 0 Å². The second-order valence-corrected chi connectivity index (χ2v) is 12.3. The lowest BCUT2D eigenvalue weighted by Gasteiger charge is -2.22. The van der Waals surface area contributed by atoms with E-state index in [0.717, 1.165) is 30.4 Å². The van der Waals surface area contributed by atoms with Gasteiger partial charge in [-0.15, -0.1) is 0 Å². The lowest BCUT2D eigenvalue weighted by Crippen LogP contribution is -2.33. The van der Waals surface area contributed by atoms with E-state index in [2.05, 4.69) is 16.7 Å². The van der Waals surface area contributed by atoms with E-state index < -0.39 is 12.0 Å². The van der Waals surface area contributed by atoms with E-state index in [9.17, 15) is 19.2 Å². The molecule has 2 aromatic rings. The first-order valence-corrected chi connectivity index (χ1v) is 16.4. The van der Waals surface area contributed by atoms with Gasteiger partial charge in [0.1, 0.15) is 12.4 Å². The van der Waals surface area contributed by atoms with Crippen molar-refractivity contribution in [1.82, 2.24) is 10.6 Å². The number of unbranched alkanes of at least 4 members (excludes halogenated alkanes) is 1. The van der Waals surface area contributed by atoms with Crippen LogP contribution in [0.25, 0.3) is 0 Å². The number of amides is 2. The van der Waals surface area contributed by atoms with Gasteiger partial charge in [0.2, 0.25) is 5.91 Å². The van der Waals surface area contributed by atoms with Gasteiger partial charge in [0, 0.05) is 31.3 Å². The second kappa shape index (κ2) is 20.2. The highest BCUT2D eigenvalue weighted by molar-refractivity contribution is 5.87. The van der Waals surface area contributed by atoms with Gasteiger partial charge in [-0.3, -0.25) is 14.4 Å². The Hall–Kier alpha value is -3.94. The third-order valence-corrected chi connectivity index (χ3v) is 7.98. The van der Waals surface area contributed by atoms with Crippen molar-refractivity contribution >= 4 is 23.8 Å². The van der Waals surface area contributed by atoms with Crippen LogP contribution in [-0.2, 0) is 36.9 Å². The van der Waals surface area contributed by atoms with Gasteiger partial charge in [-0.1, -0.05) is 79.2 Å². The summed E-state index contributed by atoms with van der Waals surface area (Å²) in [5.74, 6) is -1.19. The first kappa shape index (κ1) is 35.5. The van der Waals surface area contributed by atoms with Gasteiger partial charge < -0.3 is 20.1 Å². The number of Topliss-reactive ketones (excluding diaryl/α,β-unsaturated/α-hetero) is 1. The van der Waals surface area contributed by atoms with E-state index in [0.29, 0.717) is 38.6 Å². The highest BCUT2D eigenvalue weighted by Crippen LogP contribution is 2.24. The van der Waals surface area contributed by atoms with Crippen molar-refractivity contribution in [2.75, 3.05) is 13.2 Å². The molecule has 2 N–H and O–H groups in total. The number of cyclic esters (lactones) is 1. The number of carbonyl (C=O) groups excluding carboxylic acids is 4. The Bertz CT molecular complexity index is 1210. The minimum absolute atomic E-state index is 0.00174. The van der Waals surface area contributed by atoms with Gasteiger partial charge >= 0.3 is 12.1 Å². The molecule has 0 unspecified atom stereocenters. The standard InChI is InChI=1S/C37H50N2O6/c1-28(2)39-35(41)25-32-20-11-3-4-12-21-33(23-29-15-7-5-8-16-29)36(42)44-27-31(24-34(32)40)19-13-14-22-38-37(43)45-26-30-17-9-6-10-18-30/h3,5-11,15-18,28,31-33H,4,12-14,19-27H2,1-2H3,(H,38,43)(H,39,41)/b11-3-/t31-,32-,33-/m1/s1. The molecule has 3 rings (SSSR count). The maximum absolute atomic E-state index is 13.5. The molecule has 8 nitrogen and oxygen atoms in total. The number of hydrogen-bond donors (Lipinski definition) is 2. The van der Waals surface area contributed by atoms with Crippen molar-refractivity contribution in [2.45, 2.75) is 90.7 Å². The van der Waals surface area contributed by atoms with E-state index in [-0.39, 0.29) is 61.6 Å². The highest BCUT2D eigenvalue weighted by atomic mass is 16.5. The minimum atomic E-state index is -0.471. The van der Waals surface area contributed by atoms with Crippen molar-refractivity contribution in [3.8, 4) is 0 Å². The molecule has 0 spiro atoms. The predicted molar refractivity (Wildman–Crippen MR) is 175 cm³/mol. The molecule has 1 aliphatic rings. The Balaban J connectivity index is 1.60. The van der Waals surface area contributed by atoms with E-state index in [1.807, 2.05) is 80.6 Å². The van der Waals surface area contributed by atoms with Crippen molar-refractivity contribution < 1.29 is 28.7 Å². The Morgan fingerprint density at radius 2 is 1.64 bits per heavy atom. The SMILES string of the molecule is CC(C)NC(=O)C[C@H]1C/C=C\CCC[C@H](Cc2ccccc2)C(=O)OC[C@H](CCCCNC(=O)OCc2ccccc2)CC1=O. The molecule has 2 amide bonds. The number of ketones is 1. The molecule has 0 radical (unpaired) electrons. The summed E-state index contributed by atoms with van der Waals surface area (Å²) in [5, 5.41) is 5.69. The van der Waals surface area contributed by atoms with E-state index >= 15 is 0 Å². The number of ether oxygens (including phenoxy) is 2. The predicted octanol–water partition coefficient (Wildman–Crippen LogP) is 6.72. The van der Waals surface area contributed by atoms with Crippen molar-refractivity contribution in [2.24, 2.45) is 17.8 Å². The van der Waals surface area contributed by atoms with Crippen LogP contribution in [0.5, 0.6) is 0 Å². The fourth-order valence-corrected chi connectivity index (χ4v) is 5.53. The number of rotatable bonds is 12. The molecule has 1 aliphatic heterocycles. The van der Waals surface area contributed by atoms with E-state index in [1.54, 1.807) is 0 Å². The fourth-order valence-electron chi connectivity index (χ4n) is 5.53. The first-order chi connectivity index (χ1) is 21.8. The summed E-state index contributed by atoms with van der Waals surface area (Å²) >= 11 is 0. The summed E-state index contributed by atoms with van der Waals surface area (Å²) in [5.41, 5.74) is 2.02. The monoisotopic (exact) mass is 618 g/mol. The summed E-state index contributed by atoms with van der Waals surface area (Å²) in [4.78, 5) is 51.5. The number of allylic oxidation sites excluding steroid dienone is 2. The normalized spacial score (nSPS) is 20.5. The molecule has 45 heavy (non-hydrogen) atoms. The molecule has 0 fully saturated rings. The van der Waals surface area contributed by atoms with Crippen LogP contribution in [0.3, 0.4) is 0 Å². The smallest absolute Gasteiger partial charge is 0.407 e. The molecule has 0 aliphatic carbocycles. The molecule has 8 heteroatoms. The Morgan fingerprint density at radius 1 is 0.933 bits per heavy atom. The quantitative estimate of drug-likeness (QED) is 0.155. The molecule has 2 aromatic carbocycles. The average Bonchev–Trinajstić information content (AvgIpc) is 3.02. The number of hydrogen-bond acceptors (Lipinski definition) is 6. The summed E-state index contributed by atoms with van der Waals surface area (Å²) in [6.45, 7) is 4.61. The van der Waals surface area contributed by atoms with Crippen LogP contribution < -0.4 is 10.6 Å². The molecule has 0 bridgehead atoms. The molecule has 0 aromatic heterocycles. The third-order valence-electron chi connectivity index (χ3n) is 7.98. The lowest BCUT2D eigenvalue weighted by atomic mass is 9.87. The van der Waals surface area contributed by atoms with Crippen molar-refractivity contribution in [3.05, 3.63) is 83.9 Å². The number of alkyl carbamates (subject to hydrolysis) is 1. The van der Waals surface area contributed by atoms with Gasteiger partial charge in [0.15, 0.2) is 0 Å². The zero-order chi connectivity index (χ0) is 32.3. The summed E-state index contributed by atoms with van der Waals surface area (Å²) in [6, 6.07) is 19.5. The van der Waals surface area contributed by atoms with Crippen molar-refractivity contribution in [3.63, 3.8) is 0 Å². The number of esters is 1. The summed E-state index contributed by atoms with van der Waals surface area (Å²) < 4.78 is 11.2. The average molecular weight is 619 g/mol. The Kier molecular flexibility index (Phi) is 15.9. The van der Waals surface area contributed by atoms with Gasteiger partial charge in [0.05, 0.1) is 12.5 Å². The van der Waals surface area contributed by atoms with Crippen LogP contribution in [0.1, 0.15) is 82.8 Å². The largest absolute Gasteiger partial charge is 0.465 e. The number of nitrogens with one attached hydrogen (secondary N) is 2. The molecule has 244 valence electrons. The molecule has 0 saturated carbocycles. The fraction of sp³-hybridized carbons (Fsp3) is 0.514. The molecule has 0 saturated heterocycles. The van der Waals surface area contributed by atoms with Crippen LogP contribution in [0.15, 0.2) is 72.8 Å². The lowest BCUT2D eigenvalue weighted by molar-refractivity contribution is -0.151. The summed E-state index contributed by atoms with van der Waals surface area (Å²) in [7, 11) is 0. The van der Waals surface area contributed by atoms with Crippen LogP contribution in [0, 0.1) is 17.8 Å². The topological polar surface area (TPSA) is 111 Å². The number of benzene rings is 2. The minimum Gasteiger partial charge on any atom is -0.465 e. The van der Waals surface area contributed by atoms with Crippen LogP contribution >= 0.6 is 0 Å². The first-order valence-electron chi connectivity index (χ1n) is 16.4. The number of carbonyl (C=O) groups is 4.